The van der Waals surface area contributed by atoms with E-state index in [-0.39, 0.29) is 5.56 Å². The van der Waals surface area contributed by atoms with Crippen LogP contribution in [0.4, 0.5) is 0 Å². The molecule has 76 valence electrons. The highest BCUT2D eigenvalue weighted by Crippen LogP contribution is 2.06. The molecule has 0 amide bonds. The predicted octanol–water partition coefficient (Wildman–Crippen LogP) is 2.20. The van der Waals surface area contributed by atoms with Gasteiger partial charge in [0.1, 0.15) is 0 Å². The molecule has 15 heavy (non-hydrogen) atoms. The van der Waals surface area contributed by atoms with E-state index in [2.05, 4.69) is 4.98 Å². The normalized spacial score (nSPS) is 10.2. The molecule has 1 heterocycles. The highest BCUT2D eigenvalue weighted by Gasteiger charge is 1.99. The zero-order valence-corrected chi connectivity index (χ0v) is 9.04. The Kier molecular flexibility index (Phi) is 2.51. The molecule has 0 aliphatic rings. The molecule has 0 radical (unpaired) electrons. The number of hydrogen-bond donors (Lipinski definition) is 1. The summed E-state index contributed by atoms with van der Waals surface area (Å²) in [6, 6.07) is 9.67. The van der Waals surface area contributed by atoms with E-state index in [0.717, 1.165) is 5.69 Å². The SMILES string of the molecule is Cc1cn(-c2ccccc2)c(=S)[nH]c1=O. The molecule has 1 N–H and O–H groups in total. The van der Waals surface area contributed by atoms with Gasteiger partial charge in [-0.25, -0.2) is 0 Å². The third kappa shape index (κ3) is 1.89. The van der Waals surface area contributed by atoms with Crippen molar-refractivity contribution >= 4 is 12.2 Å². The number of para-hydroxylation sites is 1. The molecule has 0 spiro atoms. The maximum Gasteiger partial charge on any atom is 0.254 e. The Morgan fingerprint density at radius 1 is 1.27 bits per heavy atom. The maximum absolute atomic E-state index is 11.3. The van der Waals surface area contributed by atoms with Crippen molar-refractivity contribution in [3.05, 3.63) is 57.2 Å². The molecule has 0 fully saturated rings. The molecule has 1 aromatic carbocycles. The van der Waals surface area contributed by atoms with Crippen LogP contribution in [0, 0.1) is 11.7 Å². The molecule has 0 aliphatic heterocycles. The number of rotatable bonds is 1. The second-order valence-electron chi connectivity index (χ2n) is 3.28. The summed E-state index contributed by atoms with van der Waals surface area (Å²) >= 11 is 5.09. The number of aromatic amines is 1. The predicted molar refractivity (Wildman–Crippen MR) is 62.0 cm³/mol. The number of nitrogens with zero attached hydrogens (tertiary/aromatic N) is 1. The monoisotopic (exact) mass is 218 g/mol. The Morgan fingerprint density at radius 3 is 2.60 bits per heavy atom. The van der Waals surface area contributed by atoms with Crippen LogP contribution in [0.15, 0.2) is 41.3 Å². The molecular weight excluding hydrogens is 208 g/mol. The van der Waals surface area contributed by atoms with Gasteiger partial charge in [-0.05, 0) is 31.3 Å². The minimum absolute atomic E-state index is 0.132. The zero-order valence-electron chi connectivity index (χ0n) is 8.23. The largest absolute Gasteiger partial charge is 0.299 e. The van der Waals surface area contributed by atoms with E-state index in [1.54, 1.807) is 17.7 Å². The van der Waals surface area contributed by atoms with Gasteiger partial charge in [0, 0.05) is 17.4 Å². The highest BCUT2D eigenvalue weighted by molar-refractivity contribution is 7.71. The number of H-pyrrole nitrogens is 1. The van der Waals surface area contributed by atoms with E-state index in [0.29, 0.717) is 10.3 Å². The minimum Gasteiger partial charge on any atom is -0.299 e. The lowest BCUT2D eigenvalue weighted by atomic mass is 10.3. The molecule has 0 atom stereocenters. The smallest absolute Gasteiger partial charge is 0.254 e. The molecule has 2 aromatic rings. The van der Waals surface area contributed by atoms with E-state index in [4.69, 9.17) is 12.2 Å². The molecule has 3 nitrogen and oxygen atoms in total. The highest BCUT2D eigenvalue weighted by atomic mass is 32.1. The Bertz CT molecular complexity index is 584. The first-order chi connectivity index (χ1) is 7.18. The second kappa shape index (κ2) is 3.82. The van der Waals surface area contributed by atoms with E-state index in [1.165, 1.54) is 0 Å². The van der Waals surface area contributed by atoms with E-state index >= 15 is 0 Å². The topological polar surface area (TPSA) is 37.8 Å². The Hall–Kier alpha value is -1.68. The molecule has 0 saturated carbocycles. The van der Waals surface area contributed by atoms with Crippen LogP contribution in [0.5, 0.6) is 0 Å². The zero-order chi connectivity index (χ0) is 10.8. The third-order valence-corrected chi connectivity index (χ3v) is 2.45. The summed E-state index contributed by atoms with van der Waals surface area (Å²) in [4.78, 5) is 13.9. The van der Waals surface area contributed by atoms with Gasteiger partial charge in [-0.2, -0.15) is 0 Å². The standard InChI is InChI=1S/C11H10N2OS/c1-8-7-13(11(15)12-10(8)14)9-5-3-2-4-6-9/h2-7H,1H3,(H,12,14,15). The van der Waals surface area contributed by atoms with Crippen LogP contribution in [0.3, 0.4) is 0 Å². The van der Waals surface area contributed by atoms with E-state index < -0.39 is 0 Å². The molecule has 1 aromatic heterocycles. The second-order valence-corrected chi connectivity index (χ2v) is 3.66. The van der Waals surface area contributed by atoms with Crippen molar-refractivity contribution in [2.45, 2.75) is 6.92 Å². The van der Waals surface area contributed by atoms with Crippen molar-refractivity contribution in [3.63, 3.8) is 0 Å². The van der Waals surface area contributed by atoms with Crippen molar-refractivity contribution < 1.29 is 0 Å². The van der Waals surface area contributed by atoms with Gasteiger partial charge in [0.25, 0.3) is 5.56 Å². The summed E-state index contributed by atoms with van der Waals surface area (Å²) in [7, 11) is 0. The molecule has 0 bridgehead atoms. The maximum atomic E-state index is 11.3. The van der Waals surface area contributed by atoms with Crippen molar-refractivity contribution in [3.8, 4) is 5.69 Å². The van der Waals surface area contributed by atoms with Gasteiger partial charge in [-0.1, -0.05) is 18.2 Å². The van der Waals surface area contributed by atoms with Crippen LogP contribution in [0.2, 0.25) is 0 Å². The first-order valence-corrected chi connectivity index (χ1v) is 4.97. The number of aromatic nitrogens is 2. The lowest BCUT2D eigenvalue weighted by Gasteiger charge is -2.06. The van der Waals surface area contributed by atoms with Gasteiger partial charge >= 0.3 is 0 Å². The average molecular weight is 218 g/mol. The van der Waals surface area contributed by atoms with Crippen LogP contribution in [-0.4, -0.2) is 9.55 Å². The number of aryl methyl sites for hydroxylation is 1. The Balaban J connectivity index is 2.70. The van der Waals surface area contributed by atoms with Crippen LogP contribution in [0.1, 0.15) is 5.56 Å². The summed E-state index contributed by atoms with van der Waals surface area (Å²) in [5.41, 5.74) is 1.46. The minimum atomic E-state index is -0.132. The van der Waals surface area contributed by atoms with Crippen LogP contribution < -0.4 is 5.56 Å². The van der Waals surface area contributed by atoms with E-state index in [1.807, 2.05) is 30.3 Å². The van der Waals surface area contributed by atoms with Crippen LogP contribution in [0.25, 0.3) is 5.69 Å². The van der Waals surface area contributed by atoms with Crippen molar-refractivity contribution in [1.82, 2.24) is 9.55 Å². The van der Waals surface area contributed by atoms with Gasteiger partial charge < -0.3 is 0 Å². The lowest BCUT2D eigenvalue weighted by molar-refractivity contribution is 0.918. The molecular formula is C11H10N2OS. The van der Waals surface area contributed by atoms with Gasteiger partial charge in [0.15, 0.2) is 4.77 Å². The first-order valence-electron chi connectivity index (χ1n) is 4.56. The molecule has 4 heteroatoms. The van der Waals surface area contributed by atoms with Gasteiger partial charge in [-0.3, -0.25) is 14.3 Å². The van der Waals surface area contributed by atoms with Gasteiger partial charge in [-0.15, -0.1) is 0 Å². The third-order valence-electron chi connectivity index (χ3n) is 2.15. The summed E-state index contributed by atoms with van der Waals surface area (Å²) in [5.74, 6) is 0. The van der Waals surface area contributed by atoms with E-state index in [9.17, 15) is 4.79 Å². The fraction of sp³-hybridized carbons (Fsp3) is 0.0909. The molecule has 0 unspecified atom stereocenters. The van der Waals surface area contributed by atoms with Crippen molar-refractivity contribution in [2.24, 2.45) is 0 Å². The Labute approximate surface area is 92.0 Å². The number of hydrogen-bond acceptors (Lipinski definition) is 2. The average Bonchev–Trinajstić information content (AvgIpc) is 2.25. The summed E-state index contributed by atoms with van der Waals surface area (Å²) in [6.45, 7) is 1.76. The fourth-order valence-corrected chi connectivity index (χ4v) is 1.60. The van der Waals surface area contributed by atoms with Crippen LogP contribution >= 0.6 is 12.2 Å². The number of benzene rings is 1. The fourth-order valence-electron chi connectivity index (χ4n) is 1.35. The van der Waals surface area contributed by atoms with Gasteiger partial charge in [0.05, 0.1) is 0 Å². The summed E-state index contributed by atoms with van der Waals surface area (Å²) in [5, 5.41) is 0. The quantitative estimate of drug-likeness (QED) is 0.745. The molecule has 0 aliphatic carbocycles. The molecule has 2 rings (SSSR count). The summed E-state index contributed by atoms with van der Waals surface area (Å²) in [6.07, 6.45) is 1.75. The van der Waals surface area contributed by atoms with Crippen molar-refractivity contribution in [1.29, 1.82) is 0 Å². The summed E-state index contributed by atoms with van der Waals surface area (Å²) < 4.78 is 2.20. The van der Waals surface area contributed by atoms with Crippen LogP contribution in [-0.2, 0) is 0 Å². The Morgan fingerprint density at radius 2 is 1.93 bits per heavy atom. The van der Waals surface area contributed by atoms with Crippen molar-refractivity contribution in [2.75, 3.05) is 0 Å². The lowest BCUT2D eigenvalue weighted by Crippen LogP contribution is -2.14. The van der Waals surface area contributed by atoms with Gasteiger partial charge in [0.2, 0.25) is 0 Å². The molecule has 0 saturated heterocycles. The number of nitrogens with one attached hydrogen (secondary N) is 1. The first kappa shape index (κ1) is 9.86.